The molecule has 0 spiro atoms. The lowest BCUT2D eigenvalue weighted by molar-refractivity contribution is -0.139. The highest BCUT2D eigenvalue weighted by Crippen LogP contribution is 2.33. The lowest BCUT2D eigenvalue weighted by atomic mass is 9.93. The molecule has 1 aliphatic carbocycles. The largest absolute Gasteiger partial charge is 0.339 e. The highest BCUT2D eigenvalue weighted by Gasteiger charge is 2.33. The average Bonchev–Trinajstić information content (AvgIpc) is 3.06. The third kappa shape index (κ3) is 3.45. The van der Waals surface area contributed by atoms with E-state index in [1.165, 1.54) is 16.9 Å². The summed E-state index contributed by atoms with van der Waals surface area (Å²) in [5, 5.41) is 9.96. The summed E-state index contributed by atoms with van der Waals surface area (Å²) in [6.07, 6.45) is 4.37. The Kier molecular flexibility index (Phi) is 4.98. The molecule has 148 valence electrons. The monoisotopic (exact) mass is 399 g/mol. The van der Waals surface area contributed by atoms with E-state index in [1.54, 1.807) is 30.1 Å². The van der Waals surface area contributed by atoms with Crippen molar-refractivity contribution < 1.29 is 4.79 Å². The number of nitrogens with zero attached hydrogens (tertiary/aromatic N) is 4. The minimum absolute atomic E-state index is 0.0241. The first kappa shape index (κ1) is 19.1. The topological polar surface area (TPSA) is 93.1 Å². The zero-order valence-corrected chi connectivity index (χ0v) is 17.2. The molecule has 1 fully saturated rings. The van der Waals surface area contributed by atoms with Crippen molar-refractivity contribution in [2.45, 2.75) is 46.1 Å². The number of aryl methyl sites for hydroxylation is 2. The summed E-state index contributed by atoms with van der Waals surface area (Å²) in [6, 6.07) is 2.08. The van der Waals surface area contributed by atoms with Crippen molar-refractivity contribution in [1.82, 2.24) is 19.8 Å². The Labute approximate surface area is 168 Å². The normalized spacial score (nSPS) is 18.1. The van der Waals surface area contributed by atoms with Crippen LogP contribution in [-0.2, 0) is 24.2 Å². The number of amides is 1. The minimum atomic E-state index is -0.988. The molecule has 2 aromatic heterocycles. The van der Waals surface area contributed by atoms with Gasteiger partial charge in [0.25, 0.3) is 5.56 Å². The third-order valence-electron chi connectivity index (χ3n) is 5.72. The number of thiophene rings is 1. The number of piperazine rings is 1. The average molecular weight is 400 g/mol. The Morgan fingerprint density at radius 1 is 1.25 bits per heavy atom. The van der Waals surface area contributed by atoms with Crippen molar-refractivity contribution in [2.24, 2.45) is 5.41 Å². The molecule has 0 radical (unpaired) electrons. The molecule has 0 aromatic carbocycles. The molecule has 1 aliphatic heterocycles. The molecule has 7 nitrogen and oxygen atoms in total. The first-order valence-electron chi connectivity index (χ1n) is 9.85. The first-order valence-corrected chi connectivity index (χ1v) is 10.7. The Bertz CT molecular complexity index is 1010. The first-order chi connectivity index (χ1) is 13.4. The fourth-order valence-corrected chi connectivity index (χ4v) is 5.33. The van der Waals surface area contributed by atoms with Crippen molar-refractivity contribution in [3.05, 3.63) is 26.6 Å². The van der Waals surface area contributed by atoms with Crippen LogP contribution < -0.4 is 5.56 Å². The second-order valence-corrected chi connectivity index (χ2v) is 9.29. The van der Waals surface area contributed by atoms with Gasteiger partial charge in [0.15, 0.2) is 0 Å². The van der Waals surface area contributed by atoms with Gasteiger partial charge in [-0.15, -0.1) is 11.3 Å². The molecular weight excluding hydrogens is 374 g/mol. The molecule has 8 heteroatoms. The maximum atomic E-state index is 12.7. The molecule has 2 aliphatic rings. The van der Waals surface area contributed by atoms with Crippen LogP contribution in [0.25, 0.3) is 10.2 Å². The van der Waals surface area contributed by atoms with E-state index >= 15 is 0 Å². The molecule has 1 N–H and O–H groups in total. The van der Waals surface area contributed by atoms with Crippen molar-refractivity contribution in [1.29, 1.82) is 5.26 Å². The maximum absolute atomic E-state index is 12.7. The number of rotatable bonds is 3. The standard InChI is InChI=1S/C20H25N5O2S/c1-20(2,12-21)19(27)25-9-7-24(8-10-25)11-15-22-17(26)16-13-5-3-4-6-14(13)28-18(16)23-15/h3-11H2,1-2H3,(H,22,23,26). The number of H-pyrrole nitrogens is 1. The maximum Gasteiger partial charge on any atom is 0.259 e. The second kappa shape index (κ2) is 7.30. The van der Waals surface area contributed by atoms with Crippen molar-refractivity contribution in [3.8, 4) is 6.07 Å². The van der Waals surface area contributed by atoms with E-state index in [1.807, 2.05) is 0 Å². The molecule has 4 rings (SSSR count). The fourth-order valence-electron chi connectivity index (χ4n) is 4.05. The van der Waals surface area contributed by atoms with E-state index in [2.05, 4.69) is 16.0 Å². The van der Waals surface area contributed by atoms with Crippen molar-refractivity contribution in [2.75, 3.05) is 26.2 Å². The van der Waals surface area contributed by atoms with E-state index in [4.69, 9.17) is 10.2 Å². The van der Waals surface area contributed by atoms with E-state index in [0.717, 1.165) is 29.5 Å². The fraction of sp³-hybridized carbons (Fsp3) is 0.600. The smallest absolute Gasteiger partial charge is 0.259 e. The van der Waals surface area contributed by atoms with Crippen LogP contribution in [0.15, 0.2) is 4.79 Å². The van der Waals surface area contributed by atoms with Crippen LogP contribution in [0.3, 0.4) is 0 Å². The van der Waals surface area contributed by atoms with Gasteiger partial charge >= 0.3 is 0 Å². The summed E-state index contributed by atoms with van der Waals surface area (Å²) in [4.78, 5) is 38.9. The van der Waals surface area contributed by atoms with Gasteiger partial charge in [0.2, 0.25) is 5.91 Å². The van der Waals surface area contributed by atoms with Crippen molar-refractivity contribution in [3.63, 3.8) is 0 Å². The van der Waals surface area contributed by atoms with Crippen molar-refractivity contribution >= 4 is 27.5 Å². The van der Waals surface area contributed by atoms with Crippen LogP contribution in [0.5, 0.6) is 0 Å². The van der Waals surface area contributed by atoms with Gasteiger partial charge in [-0.2, -0.15) is 5.26 Å². The minimum Gasteiger partial charge on any atom is -0.339 e. The van der Waals surface area contributed by atoms with Gasteiger partial charge in [0, 0.05) is 31.1 Å². The molecule has 0 bridgehead atoms. The lowest BCUT2D eigenvalue weighted by Gasteiger charge is -2.36. The van der Waals surface area contributed by atoms with Crippen LogP contribution in [0.4, 0.5) is 0 Å². The Morgan fingerprint density at radius 2 is 1.96 bits per heavy atom. The summed E-state index contributed by atoms with van der Waals surface area (Å²) in [6.45, 7) is 6.47. The molecule has 0 saturated carbocycles. The molecule has 1 amide bonds. The SMILES string of the molecule is CC(C)(C#N)C(=O)N1CCN(Cc2nc3sc4c(c3c(=O)[nH]2)CCCC4)CC1. The zero-order chi connectivity index (χ0) is 19.9. The summed E-state index contributed by atoms with van der Waals surface area (Å²) in [7, 11) is 0. The van der Waals surface area contributed by atoms with E-state index in [0.29, 0.717) is 38.5 Å². The molecule has 3 heterocycles. The third-order valence-corrected chi connectivity index (χ3v) is 6.91. The predicted molar refractivity (Wildman–Crippen MR) is 108 cm³/mol. The molecule has 0 unspecified atom stereocenters. The highest BCUT2D eigenvalue weighted by molar-refractivity contribution is 7.18. The lowest BCUT2D eigenvalue weighted by Crippen LogP contribution is -2.51. The number of carbonyl (C=O) groups excluding carboxylic acids is 1. The van der Waals surface area contributed by atoms with Crippen LogP contribution in [-0.4, -0.2) is 51.9 Å². The zero-order valence-electron chi connectivity index (χ0n) is 16.4. The van der Waals surface area contributed by atoms with Crippen LogP contribution in [0.2, 0.25) is 0 Å². The van der Waals surface area contributed by atoms with Gasteiger partial charge in [-0.05, 0) is 45.1 Å². The van der Waals surface area contributed by atoms with Gasteiger partial charge < -0.3 is 9.88 Å². The molecule has 0 atom stereocenters. The van der Waals surface area contributed by atoms with E-state index in [-0.39, 0.29) is 11.5 Å². The number of nitrogens with one attached hydrogen (secondary N) is 1. The van der Waals surface area contributed by atoms with Gasteiger partial charge in [-0.3, -0.25) is 14.5 Å². The highest BCUT2D eigenvalue weighted by atomic mass is 32.1. The number of carbonyl (C=O) groups is 1. The summed E-state index contributed by atoms with van der Waals surface area (Å²) in [5.41, 5.74) is 0.195. The van der Waals surface area contributed by atoms with Gasteiger partial charge in [0.1, 0.15) is 16.1 Å². The number of nitriles is 1. The molecule has 28 heavy (non-hydrogen) atoms. The van der Waals surface area contributed by atoms with Crippen LogP contribution >= 0.6 is 11.3 Å². The quantitative estimate of drug-likeness (QED) is 0.853. The second-order valence-electron chi connectivity index (χ2n) is 8.21. The van der Waals surface area contributed by atoms with Gasteiger partial charge in [0.05, 0.1) is 18.0 Å². The van der Waals surface area contributed by atoms with Crippen LogP contribution in [0.1, 0.15) is 43.0 Å². The summed E-state index contributed by atoms with van der Waals surface area (Å²) < 4.78 is 0. The number of aromatic nitrogens is 2. The van der Waals surface area contributed by atoms with Gasteiger partial charge in [-0.25, -0.2) is 4.98 Å². The molecule has 2 aromatic rings. The van der Waals surface area contributed by atoms with Gasteiger partial charge in [-0.1, -0.05) is 0 Å². The predicted octanol–water partition coefficient (Wildman–Crippen LogP) is 2.06. The number of hydrogen-bond donors (Lipinski definition) is 1. The summed E-state index contributed by atoms with van der Waals surface area (Å²) in [5.74, 6) is 0.569. The Hall–Kier alpha value is -2.24. The van der Waals surface area contributed by atoms with E-state index in [9.17, 15) is 9.59 Å². The van der Waals surface area contributed by atoms with Crippen LogP contribution in [0, 0.1) is 16.7 Å². The van der Waals surface area contributed by atoms with E-state index < -0.39 is 5.41 Å². The number of aromatic amines is 1. The molecule has 1 saturated heterocycles. The number of fused-ring (bicyclic) bond motifs is 3. The molecular formula is C20H25N5O2S. The Balaban J connectivity index is 1.46. The Morgan fingerprint density at radius 3 is 2.68 bits per heavy atom. The number of hydrogen-bond acceptors (Lipinski definition) is 6. The summed E-state index contributed by atoms with van der Waals surface area (Å²) >= 11 is 1.67.